The van der Waals surface area contributed by atoms with Crippen LogP contribution in [-0.2, 0) is 24.9 Å². The predicted molar refractivity (Wildman–Crippen MR) is 107 cm³/mol. The normalized spacial score (nSPS) is 15.1. The number of morpholine rings is 1. The summed E-state index contributed by atoms with van der Waals surface area (Å²) >= 11 is 0. The highest BCUT2D eigenvalue weighted by molar-refractivity contribution is 5.98. The van der Waals surface area contributed by atoms with Crippen molar-refractivity contribution >= 4 is 16.8 Å². The number of hydrogen-bond donors (Lipinski definition) is 1. The van der Waals surface area contributed by atoms with Gasteiger partial charge < -0.3 is 14.6 Å². The van der Waals surface area contributed by atoms with Gasteiger partial charge in [0.2, 0.25) is 0 Å². The summed E-state index contributed by atoms with van der Waals surface area (Å²) in [5.74, 6) is -0.0499. The number of carbonyl (C=O) groups excluding carboxylic acids is 1. The van der Waals surface area contributed by atoms with E-state index >= 15 is 0 Å². The summed E-state index contributed by atoms with van der Waals surface area (Å²) in [5.41, 5.74) is 4.14. The van der Waals surface area contributed by atoms with Gasteiger partial charge in [-0.25, -0.2) is 0 Å². The Kier molecular flexibility index (Phi) is 5.23. The molecule has 0 spiro atoms. The number of para-hydroxylation sites is 1. The topological polar surface area (TPSA) is 46.5 Å². The van der Waals surface area contributed by atoms with E-state index in [0.29, 0.717) is 12.2 Å². The van der Waals surface area contributed by atoms with Crippen molar-refractivity contribution in [1.29, 1.82) is 0 Å². The van der Waals surface area contributed by atoms with Gasteiger partial charge >= 0.3 is 0 Å². The third-order valence-electron chi connectivity index (χ3n) is 5.17. The molecule has 1 N–H and O–H groups in total. The molecule has 3 aromatic rings. The second-order valence-corrected chi connectivity index (χ2v) is 7.04. The maximum atomic E-state index is 12.6. The molecule has 5 heteroatoms. The van der Waals surface area contributed by atoms with Crippen LogP contribution in [0.1, 0.15) is 21.6 Å². The van der Waals surface area contributed by atoms with Crippen LogP contribution in [0.4, 0.5) is 0 Å². The molecular weight excluding hydrogens is 338 g/mol. The molecule has 0 saturated carbocycles. The van der Waals surface area contributed by atoms with E-state index in [4.69, 9.17) is 4.74 Å². The first kappa shape index (κ1) is 17.8. The lowest BCUT2D eigenvalue weighted by atomic mass is 10.1. The van der Waals surface area contributed by atoms with Crippen molar-refractivity contribution in [3.63, 3.8) is 0 Å². The largest absolute Gasteiger partial charge is 0.379 e. The Morgan fingerprint density at radius 3 is 2.48 bits per heavy atom. The zero-order chi connectivity index (χ0) is 18.6. The molecule has 2 aromatic carbocycles. The molecule has 27 heavy (non-hydrogen) atoms. The number of benzene rings is 2. The fourth-order valence-electron chi connectivity index (χ4n) is 3.56. The molecule has 1 saturated heterocycles. The maximum absolute atomic E-state index is 12.6. The van der Waals surface area contributed by atoms with Crippen molar-refractivity contribution in [2.75, 3.05) is 26.3 Å². The third kappa shape index (κ3) is 4.04. The number of nitrogens with zero attached hydrogens (tertiary/aromatic N) is 2. The quantitative estimate of drug-likeness (QED) is 0.758. The minimum absolute atomic E-state index is 0.0499. The van der Waals surface area contributed by atoms with Crippen LogP contribution < -0.4 is 5.32 Å². The van der Waals surface area contributed by atoms with Crippen LogP contribution in [0.25, 0.3) is 10.9 Å². The molecule has 2 heterocycles. The smallest absolute Gasteiger partial charge is 0.268 e. The Labute approximate surface area is 159 Å². The molecule has 140 valence electrons. The highest BCUT2D eigenvalue weighted by atomic mass is 16.5. The Hall–Kier alpha value is -2.63. The molecule has 1 aliphatic rings. The number of hydrogen-bond acceptors (Lipinski definition) is 3. The molecule has 5 nitrogen and oxygen atoms in total. The molecule has 0 aliphatic carbocycles. The van der Waals surface area contributed by atoms with Crippen LogP contribution in [-0.4, -0.2) is 41.7 Å². The summed E-state index contributed by atoms with van der Waals surface area (Å²) in [6.07, 6.45) is 0. The van der Waals surface area contributed by atoms with Gasteiger partial charge in [0.15, 0.2) is 0 Å². The molecule has 0 atom stereocenters. The summed E-state index contributed by atoms with van der Waals surface area (Å²) in [6.45, 7) is 5.09. The molecule has 0 bridgehead atoms. The van der Waals surface area contributed by atoms with Gasteiger partial charge in [0, 0.05) is 44.1 Å². The van der Waals surface area contributed by atoms with Crippen molar-refractivity contribution < 1.29 is 9.53 Å². The highest BCUT2D eigenvalue weighted by Crippen LogP contribution is 2.18. The van der Waals surface area contributed by atoms with Crippen LogP contribution in [0.2, 0.25) is 0 Å². The number of rotatable bonds is 5. The Morgan fingerprint density at radius 1 is 1.04 bits per heavy atom. The molecule has 0 unspecified atom stereocenters. The van der Waals surface area contributed by atoms with Gasteiger partial charge in [-0.15, -0.1) is 0 Å². The summed E-state index contributed by atoms with van der Waals surface area (Å²) in [7, 11) is 1.93. The Balaban J connectivity index is 1.36. The first-order valence-corrected chi connectivity index (χ1v) is 9.41. The van der Waals surface area contributed by atoms with Crippen molar-refractivity contribution in [1.82, 2.24) is 14.8 Å². The van der Waals surface area contributed by atoms with E-state index in [-0.39, 0.29) is 5.91 Å². The van der Waals surface area contributed by atoms with Crippen molar-refractivity contribution in [2.24, 2.45) is 7.05 Å². The zero-order valence-corrected chi connectivity index (χ0v) is 15.6. The molecule has 1 aromatic heterocycles. The lowest BCUT2D eigenvalue weighted by Crippen LogP contribution is -2.35. The number of ether oxygens (including phenoxy) is 1. The van der Waals surface area contributed by atoms with E-state index in [2.05, 4.69) is 34.5 Å². The standard InChI is InChI=1S/C22H25N3O2/c1-24-20-5-3-2-4-19(20)14-21(24)22(26)23-15-17-6-8-18(9-7-17)16-25-10-12-27-13-11-25/h2-9,14H,10-13,15-16H2,1H3,(H,23,26). The Bertz CT molecular complexity index is 924. The van der Waals surface area contributed by atoms with Gasteiger partial charge in [-0.1, -0.05) is 42.5 Å². The van der Waals surface area contributed by atoms with Crippen molar-refractivity contribution in [3.8, 4) is 0 Å². The van der Waals surface area contributed by atoms with E-state index in [1.165, 1.54) is 5.56 Å². The fraction of sp³-hybridized carbons (Fsp3) is 0.318. The molecular formula is C22H25N3O2. The Morgan fingerprint density at radius 2 is 1.74 bits per heavy atom. The van der Waals surface area contributed by atoms with E-state index < -0.39 is 0 Å². The number of nitrogens with one attached hydrogen (secondary N) is 1. The monoisotopic (exact) mass is 363 g/mol. The van der Waals surface area contributed by atoms with Gasteiger partial charge in [-0.3, -0.25) is 9.69 Å². The van der Waals surface area contributed by atoms with Gasteiger partial charge in [0.05, 0.1) is 13.2 Å². The zero-order valence-electron chi connectivity index (χ0n) is 15.6. The van der Waals surface area contributed by atoms with Crippen LogP contribution in [0.5, 0.6) is 0 Å². The van der Waals surface area contributed by atoms with E-state index in [1.807, 2.05) is 41.9 Å². The summed E-state index contributed by atoms with van der Waals surface area (Å²) in [4.78, 5) is 15.0. The summed E-state index contributed by atoms with van der Waals surface area (Å²) < 4.78 is 7.33. The average molecular weight is 363 g/mol. The SMILES string of the molecule is Cn1c(C(=O)NCc2ccc(CN3CCOCC3)cc2)cc2ccccc21. The van der Waals surface area contributed by atoms with Crippen molar-refractivity contribution in [2.45, 2.75) is 13.1 Å². The van der Waals surface area contributed by atoms with Gasteiger partial charge in [-0.2, -0.15) is 0 Å². The third-order valence-corrected chi connectivity index (χ3v) is 5.17. The highest BCUT2D eigenvalue weighted by Gasteiger charge is 2.13. The minimum Gasteiger partial charge on any atom is -0.379 e. The van der Waals surface area contributed by atoms with Crippen LogP contribution in [0, 0.1) is 0 Å². The minimum atomic E-state index is -0.0499. The lowest BCUT2D eigenvalue weighted by Gasteiger charge is -2.26. The lowest BCUT2D eigenvalue weighted by molar-refractivity contribution is 0.0342. The summed E-state index contributed by atoms with van der Waals surface area (Å²) in [5, 5.41) is 4.11. The number of fused-ring (bicyclic) bond motifs is 1. The van der Waals surface area contributed by atoms with Gasteiger partial charge in [-0.05, 0) is 23.3 Å². The van der Waals surface area contributed by atoms with E-state index in [0.717, 1.165) is 49.3 Å². The molecule has 1 amide bonds. The fourth-order valence-corrected chi connectivity index (χ4v) is 3.56. The van der Waals surface area contributed by atoms with Gasteiger partial charge in [0.25, 0.3) is 5.91 Å². The van der Waals surface area contributed by atoms with E-state index in [9.17, 15) is 4.79 Å². The summed E-state index contributed by atoms with van der Waals surface area (Å²) in [6, 6.07) is 18.5. The predicted octanol–water partition coefficient (Wildman–Crippen LogP) is 2.94. The molecule has 1 aliphatic heterocycles. The molecule has 1 fully saturated rings. The van der Waals surface area contributed by atoms with Crippen LogP contribution in [0.15, 0.2) is 54.6 Å². The number of amides is 1. The molecule has 4 rings (SSSR count). The van der Waals surface area contributed by atoms with Crippen LogP contribution in [0.3, 0.4) is 0 Å². The number of aryl methyl sites for hydroxylation is 1. The second-order valence-electron chi connectivity index (χ2n) is 7.04. The number of aromatic nitrogens is 1. The van der Waals surface area contributed by atoms with Crippen molar-refractivity contribution in [3.05, 3.63) is 71.4 Å². The van der Waals surface area contributed by atoms with E-state index in [1.54, 1.807) is 0 Å². The van der Waals surface area contributed by atoms with Gasteiger partial charge in [0.1, 0.15) is 5.69 Å². The van der Waals surface area contributed by atoms with Crippen LogP contribution >= 0.6 is 0 Å². The average Bonchev–Trinajstić information content (AvgIpc) is 3.05. The second kappa shape index (κ2) is 7.94. The first-order chi connectivity index (χ1) is 13.2. The maximum Gasteiger partial charge on any atom is 0.268 e. The number of carbonyl (C=O) groups is 1. The molecule has 0 radical (unpaired) electrons. The first-order valence-electron chi connectivity index (χ1n) is 9.41.